The lowest BCUT2D eigenvalue weighted by Crippen LogP contribution is -2.50. The highest BCUT2D eigenvalue weighted by atomic mass is 79.9. The summed E-state index contributed by atoms with van der Waals surface area (Å²) in [5.41, 5.74) is 0. The van der Waals surface area contributed by atoms with Crippen LogP contribution in [0.25, 0.3) is 0 Å². The number of rotatable bonds is 2. The van der Waals surface area contributed by atoms with Gasteiger partial charge in [0.05, 0.1) is 6.42 Å². The molecule has 6 heteroatoms. The van der Waals surface area contributed by atoms with Crippen molar-refractivity contribution in [3.63, 3.8) is 0 Å². The van der Waals surface area contributed by atoms with Gasteiger partial charge in [0, 0.05) is 47.8 Å². The Bertz CT molecular complexity index is 453. The fraction of sp³-hybridized carbons (Fsp3) is 0.500. The first-order valence-corrected chi connectivity index (χ1v) is 7.49. The van der Waals surface area contributed by atoms with Gasteiger partial charge >= 0.3 is 0 Å². The Hall–Kier alpha value is -0.880. The molecule has 0 aromatic carbocycles. The number of thiophene rings is 1. The third kappa shape index (κ3) is 3.32. The van der Waals surface area contributed by atoms with Gasteiger partial charge in [0.25, 0.3) is 0 Å². The highest BCUT2D eigenvalue weighted by Crippen LogP contribution is 2.20. The van der Waals surface area contributed by atoms with Gasteiger partial charge in [0.2, 0.25) is 11.8 Å². The Balaban J connectivity index is 1.86. The summed E-state index contributed by atoms with van der Waals surface area (Å²) >= 11 is 4.97. The molecule has 1 aliphatic heterocycles. The lowest BCUT2D eigenvalue weighted by atomic mass is 10.2. The highest BCUT2D eigenvalue weighted by Gasteiger charge is 2.22. The molecule has 0 radical (unpaired) electrons. The number of piperazine rings is 1. The summed E-state index contributed by atoms with van der Waals surface area (Å²) in [6, 6.07) is 1.98. The largest absolute Gasteiger partial charge is 0.339 e. The van der Waals surface area contributed by atoms with Crippen LogP contribution in [-0.2, 0) is 16.0 Å². The molecule has 1 saturated heterocycles. The van der Waals surface area contributed by atoms with E-state index in [0.717, 1.165) is 9.35 Å². The molecule has 0 atom stereocenters. The molecule has 1 aromatic rings. The maximum atomic E-state index is 12.1. The van der Waals surface area contributed by atoms with Crippen molar-refractivity contribution in [3.05, 3.63) is 20.8 Å². The van der Waals surface area contributed by atoms with E-state index in [0.29, 0.717) is 32.6 Å². The molecule has 2 amide bonds. The van der Waals surface area contributed by atoms with Gasteiger partial charge in [0.15, 0.2) is 0 Å². The molecule has 0 N–H and O–H groups in total. The summed E-state index contributed by atoms with van der Waals surface area (Å²) < 4.78 is 1.02. The minimum absolute atomic E-state index is 0.0873. The summed E-state index contributed by atoms with van der Waals surface area (Å²) in [5.74, 6) is 0.233. The lowest BCUT2D eigenvalue weighted by molar-refractivity contribution is -0.137. The highest BCUT2D eigenvalue weighted by molar-refractivity contribution is 9.10. The zero-order chi connectivity index (χ0) is 13.1. The SMILES string of the molecule is CC(=O)N1CCN(C(=O)Cc2cc(Br)cs2)CC1. The lowest BCUT2D eigenvalue weighted by Gasteiger charge is -2.34. The molecule has 4 nitrogen and oxygen atoms in total. The zero-order valence-corrected chi connectivity index (χ0v) is 12.6. The molecule has 98 valence electrons. The summed E-state index contributed by atoms with van der Waals surface area (Å²) in [4.78, 5) is 27.9. The van der Waals surface area contributed by atoms with Gasteiger partial charge in [0.1, 0.15) is 0 Å². The zero-order valence-electron chi connectivity index (χ0n) is 10.2. The summed E-state index contributed by atoms with van der Waals surface area (Å²) in [5, 5.41) is 1.98. The quantitative estimate of drug-likeness (QED) is 0.828. The van der Waals surface area contributed by atoms with E-state index in [9.17, 15) is 9.59 Å². The summed E-state index contributed by atoms with van der Waals surface area (Å²) in [6.07, 6.45) is 0.455. The maximum absolute atomic E-state index is 12.1. The predicted octanol–water partition coefficient (Wildman–Crippen LogP) is 1.74. The third-order valence-electron chi connectivity index (χ3n) is 3.02. The first kappa shape index (κ1) is 13.5. The summed E-state index contributed by atoms with van der Waals surface area (Å²) in [7, 11) is 0. The second-order valence-corrected chi connectivity index (χ2v) is 6.21. The minimum Gasteiger partial charge on any atom is -0.339 e. The molecule has 2 heterocycles. The topological polar surface area (TPSA) is 40.6 Å². The molecule has 1 aromatic heterocycles. The van der Waals surface area contributed by atoms with Gasteiger partial charge in [-0.15, -0.1) is 11.3 Å². The van der Waals surface area contributed by atoms with Crippen LogP contribution in [0, 0.1) is 0 Å². The third-order valence-corrected chi connectivity index (χ3v) is 4.72. The Morgan fingerprint density at radius 3 is 2.39 bits per heavy atom. The van der Waals surface area contributed by atoms with E-state index in [1.807, 2.05) is 16.3 Å². The van der Waals surface area contributed by atoms with Crippen molar-refractivity contribution in [1.29, 1.82) is 0 Å². The van der Waals surface area contributed by atoms with Crippen LogP contribution in [0.2, 0.25) is 0 Å². The number of hydrogen-bond donors (Lipinski definition) is 0. The van der Waals surface area contributed by atoms with Crippen molar-refractivity contribution in [2.45, 2.75) is 13.3 Å². The average Bonchev–Trinajstić information content (AvgIpc) is 2.75. The molecule has 1 fully saturated rings. The molecule has 1 aliphatic rings. The molecule has 0 aliphatic carbocycles. The van der Waals surface area contributed by atoms with Gasteiger partial charge in [-0.3, -0.25) is 9.59 Å². The first-order chi connectivity index (χ1) is 8.56. The van der Waals surface area contributed by atoms with Gasteiger partial charge in [-0.1, -0.05) is 0 Å². The van der Waals surface area contributed by atoms with Crippen molar-refractivity contribution >= 4 is 39.1 Å². The molecule has 0 saturated carbocycles. The second kappa shape index (κ2) is 5.84. The Kier molecular flexibility index (Phi) is 4.40. The van der Waals surface area contributed by atoms with Crippen LogP contribution in [0.5, 0.6) is 0 Å². The average molecular weight is 331 g/mol. The van der Waals surface area contributed by atoms with Crippen molar-refractivity contribution in [2.75, 3.05) is 26.2 Å². The molecule has 0 unspecified atom stereocenters. The van der Waals surface area contributed by atoms with E-state index < -0.39 is 0 Å². The van der Waals surface area contributed by atoms with Crippen LogP contribution in [-0.4, -0.2) is 47.8 Å². The number of carbonyl (C=O) groups is 2. The Morgan fingerprint density at radius 1 is 1.28 bits per heavy atom. The van der Waals surface area contributed by atoms with Crippen molar-refractivity contribution in [1.82, 2.24) is 9.80 Å². The van der Waals surface area contributed by atoms with Crippen LogP contribution in [0.1, 0.15) is 11.8 Å². The minimum atomic E-state index is 0.0873. The van der Waals surface area contributed by atoms with Crippen LogP contribution in [0.3, 0.4) is 0 Å². The molecule has 0 spiro atoms. The van der Waals surface area contributed by atoms with Gasteiger partial charge in [-0.05, 0) is 22.0 Å². The Labute approximate surface area is 119 Å². The second-order valence-electron chi connectivity index (χ2n) is 4.29. The molecular weight excluding hydrogens is 316 g/mol. The molecule has 2 rings (SSSR count). The van der Waals surface area contributed by atoms with Crippen LogP contribution in [0.4, 0.5) is 0 Å². The maximum Gasteiger partial charge on any atom is 0.227 e. The molecular formula is C12H15BrN2O2S. The van der Waals surface area contributed by atoms with Crippen LogP contribution < -0.4 is 0 Å². The van der Waals surface area contributed by atoms with Gasteiger partial charge in [-0.2, -0.15) is 0 Å². The van der Waals surface area contributed by atoms with Gasteiger partial charge < -0.3 is 9.80 Å². The number of nitrogens with zero attached hydrogens (tertiary/aromatic N) is 2. The predicted molar refractivity (Wildman–Crippen MR) is 74.6 cm³/mol. The number of halogens is 1. The fourth-order valence-electron chi connectivity index (χ4n) is 1.98. The standard InChI is InChI=1S/C12H15BrN2O2S/c1-9(16)14-2-4-15(5-3-14)12(17)7-11-6-10(13)8-18-11/h6,8H,2-5,7H2,1H3. The van der Waals surface area contributed by atoms with Crippen molar-refractivity contribution in [2.24, 2.45) is 0 Å². The number of carbonyl (C=O) groups excluding carboxylic acids is 2. The van der Waals surface area contributed by atoms with E-state index >= 15 is 0 Å². The van der Waals surface area contributed by atoms with Crippen molar-refractivity contribution < 1.29 is 9.59 Å². The molecule has 0 bridgehead atoms. The van der Waals surface area contributed by atoms with E-state index in [2.05, 4.69) is 15.9 Å². The monoisotopic (exact) mass is 330 g/mol. The Morgan fingerprint density at radius 2 is 1.89 bits per heavy atom. The number of hydrogen-bond acceptors (Lipinski definition) is 3. The summed E-state index contributed by atoms with van der Waals surface area (Å²) in [6.45, 7) is 4.15. The van der Waals surface area contributed by atoms with E-state index in [1.54, 1.807) is 23.2 Å². The van der Waals surface area contributed by atoms with Crippen molar-refractivity contribution in [3.8, 4) is 0 Å². The van der Waals surface area contributed by atoms with Gasteiger partial charge in [-0.25, -0.2) is 0 Å². The normalized spacial score (nSPS) is 15.9. The van der Waals surface area contributed by atoms with Crippen LogP contribution >= 0.6 is 27.3 Å². The molecule has 18 heavy (non-hydrogen) atoms. The van der Waals surface area contributed by atoms with E-state index in [4.69, 9.17) is 0 Å². The van der Waals surface area contributed by atoms with E-state index in [-0.39, 0.29) is 11.8 Å². The van der Waals surface area contributed by atoms with E-state index in [1.165, 1.54) is 0 Å². The number of amides is 2. The van der Waals surface area contributed by atoms with Crippen LogP contribution in [0.15, 0.2) is 15.9 Å². The fourth-order valence-corrected chi connectivity index (χ4v) is 3.42. The smallest absolute Gasteiger partial charge is 0.227 e. The first-order valence-electron chi connectivity index (χ1n) is 5.82.